The Morgan fingerprint density at radius 3 is 2.62 bits per heavy atom. The summed E-state index contributed by atoms with van der Waals surface area (Å²) in [6, 6.07) is 9.53. The summed E-state index contributed by atoms with van der Waals surface area (Å²) < 4.78 is 10.3. The van der Waals surface area contributed by atoms with Crippen molar-refractivity contribution in [3.63, 3.8) is 0 Å². The highest BCUT2D eigenvalue weighted by atomic mass is 16.5. The molecule has 0 aliphatic rings. The lowest BCUT2D eigenvalue weighted by Crippen LogP contribution is -2.14. The minimum atomic E-state index is -0.532. The number of nitrogen functional groups attached to an aromatic ring is 1. The third-order valence-corrected chi connectivity index (χ3v) is 2.90. The number of rotatable bonds is 5. The van der Waals surface area contributed by atoms with Crippen molar-refractivity contribution in [2.24, 2.45) is 0 Å². The summed E-state index contributed by atoms with van der Waals surface area (Å²) in [5.41, 5.74) is 6.88. The zero-order valence-electron chi connectivity index (χ0n) is 11.9. The van der Waals surface area contributed by atoms with Crippen molar-refractivity contribution in [3.8, 4) is 0 Å². The van der Waals surface area contributed by atoms with E-state index in [1.165, 1.54) is 6.20 Å². The molecule has 110 valence electrons. The van der Waals surface area contributed by atoms with E-state index in [1.807, 2.05) is 30.3 Å². The fourth-order valence-electron chi connectivity index (χ4n) is 1.92. The molecule has 6 nitrogen and oxygen atoms in total. The van der Waals surface area contributed by atoms with Gasteiger partial charge in [0.15, 0.2) is 5.82 Å². The number of nitrogens with zero attached hydrogens (tertiary/aromatic N) is 2. The van der Waals surface area contributed by atoms with Crippen LogP contribution in [0.5, 0.6) is 0 Å². The monoisotopic (exact) mass is 287 g/mol. The first-order chi connectivity index (χ1) is 10.2. The Hall–Kier alpha value is -2.47. The molecule has 1 heterocycles. The van der Waals surface area contributed by atoms with E-state index < -0.39 is 12.1 Å². The number of hydrogen-bond donors (Lipinski definition) is 1. The molecular weight excluding hydrogens is 270 g/mol. The number of benzene rings is 1. The van der Waals surface area contributed by atoms with E-state index in [-0.39, 0.29) is 18.0 Å². The van der Waals surface area contributed by atoms with E-state index in [0.29, 0.717) is 5.82 Å². The van der Waals surface area contributed by atoms with Gasteiger partial charge < -0.3 is 15.2 Å². The number of ether oxygens (including phenoxy) is 2. The van der Waals surface area contributed by atoms with Gasteiger partial charge in [-0.15, -0.1) is 0 Å². The van der Waals surface area contributed by atoms with Crippen LogP contribution in [0.15, 0.2) is 36.5 Å². The van der Waals surface area contributed by atoms with Gasteiger partial charge in [0.2, 0.25) is 0 Å². The molecule has 0 saturated carbocycles. The minimum absolute atomic E-state index is 0.0800. The van der Waals surface area contributed by atoms with Gasteiger partial charge in [-0.25, -0.2) is 14.8 Å². The summed E-state index contributed by atoms with van der Waals surface area (Å²) >= 11 is 0. The average Bonchev–Trinajstić information content (AvgIpc) is 2.49. The summed E-state index contributed by atoms with van der Waals surface area (Å²) in [4.78, 5) is 20.0. The quantitative estimate of drug-likeness (QED) is 0.846. The molecule has 0 fully saturated rings. The van der Waals surface area contributed by atoms with Crippen molar-refractivity contribution in [2.45, 2.75) is 13.0 Å². The van der Waals surface area contributed by atoms with Crippen LogP contribution >= 0.6 is 0 Å². The number of anilines is 1. The van der Waals surface area contributed by atoms with Gasteiger partial charge >= 0.3 is 5.97 Å². The van der Waals surface area contributed by atoms with Crippen molar-refractivity contribution >= 4 is 11.8 Å². The molecule has 1 atom stereocenters. The van der Waals surface area contributed by atoms with Gasteiger partial charge in [0, 0.05) is 13.3 Å². The van der Waals surface area contributed by atoms with E-state index in [1.54, 1.807) is 14.0 Å². The largest absolute Gasteiger partial charge is 0.462 e. The Morgan fingerprint density at radius 1 is 1.33 bits per heavy atom. The Labute approximate surface area is 122 Å². The zero-order chi connectivity index (χ0) is 15.2. The maximum Gasteiger partial charge on any atom is 0.343 e. The van der Waals surface area contributed by atoms with Crippen molar-refractivity contribution in [1.29, 1.82) is 0 Å². The number of methoxy groups -OCH3 is 1. The minimum Gasteiger partial charge on any atom is -0.462 e. The third kappa shape index (κ3) is 3.35. The van der Waals surface area contributed by atoms with Crippen molar-refractivity contribution in [3.05, 3.63) is 53.5 Å². The predicted molar refractivity (Wildman–Crippen MR) is 77.7 cm³/mol. The van der Waals surface area contributed by atoms with Crippen LogP contribution in [0.1, 0.15) is 34.8 Å². The fraction of sp³-hybridized carbons (Fsp3) is 0.267. The highest BCUT2D eigenvalue weighted by Gasteiger charge is 2.20. The SMILES string of the molecule is CCOC(=O)c1cnc(C(OC)c2ccccc2)nc1N. The second-order valence-corrected chi connectivity index (χ2v) is 4.27. The molecule has 0 spiro atoms. The molecule has 0 amide bonds. The lowest BCUT2D eigenvalue weighted by atomic mass is 10.1. The molecule has 2 aromatic rings. The zero-order valence-corrected chi connectivity index (χ0v) is 11.9. The normalized spacial score (nSPS) is 11.9. The van der Waals surface area contributed by atoms with E-state index in [2.05, 4.69) is 9.97 Å². The van der Waals surface area contributed by atoms with Crippen molar-refractivity contribution in [2.75, 3.05) is 19.5 Å². The molecule has 1 aromatic heterocycles. The van der Waals surface area contributed by atoms with Gasteiger partial charge in [0.1, 0.15) is 17.5 Å². The highest BCUT2D eigenvalue weighted by Crippen LogP contribution is 2.23. The second-order valence-electron chi connectivity index (χ2n) is 4.27. The number of hydrogen-bond acceptors (Lipinski definition) is 6. The molecule has 2 rings (SSSR count). The first-order valence-electron chi connectivity index (χ1n) is 6.54. The van der Waals surface area contributed by atoms with Crippen LogP contribution in [0.25, 0.3) is 0 Å². The fourth-order valence-corrected chi connectivity index (χ4v) is 1.92. The molecule has 0 bridgehead atoms. The summed E-state index contributed by atoms with van der Waals surface area (Å²) in [5.74, 6) is -0.0547. The van der Waals surface area contributed by atoms with Crippen LogP contribution in [-0.4, -0.2) is 29.7 Å². The predicted octanol–water partition coefficient (Wildman–Crippen LogP) is 1.97. The third-order valence-electron chi connectivity index (χ3n) is 2.90. The molecule has 0 aliphatic heterocycles. The van der Waals surface area contributed by atoms with E-state index >= 15 is 0 Å². The molecule has 1 aromatic carbocycles. The van der Waals surface area contributed by atoms with Gasteiger partial charge in [0.25, 0.3) is 0 Å². The van der Waals surface area contributed by atoms with Crippen molar-refractivity contribution in [1.82, 2.24) is 9.97 Å². The molecule has 0 radical (unpaired) electrons. The van der Waals surface area contributed by atoms with Crippen molar-refractivity contribution < 1.29 is 14.3 Å². The Balaban J connectivity index is 2.32. The van der Waals surface area contributed by atoms with Gasteiger partial charge in [-0.1, -0.05) is 30.3 Å². The Morgan fingerprint density at radius 2 is 2.05 bits per heavy atom. The number of carbonyl (C=O) groups is 1. The molecule has 6 heteroatoms. The standard InChI is InChI=1S/C15H17N3O3/c1-3-21-15(19)11-9-17-14(18-13(11)16)12(20-2)10-7-5-4-6-8-10/h4-9,12H,3H2,1-2H3,(H2,16,17,18). The van der Waals surface area contributed by atoms with Crippen LogP contribution < -0.4 is 5.73 Å². The first-order valence-corrected chi connectivity index (χ1v) is 6.54. The van der Waals surface area contributed by atoms with E-state index in [4.69, 9.17) is 15.2 Å². The molecule has 0 saturated heterocycles. The smallest absolute Gasteiger partial charge is 0.343 e. The summed E-state index contributed by atoms with van der Waals surface area (Å²) in [6.07, 6.45) is 0.926. The molecule has 1 unspecified atom stereocenters. The Bertz CT molecular complexity index is 617. The highest BCUT2D eigenvalue weighted by molar-refractivity contribution is 5.93. The van der Waals surface area contributed by atoms with Crippen LogP contribution in [0.3, 0.4) is 0 Å². The summed E-state index contributed by atoms with van der Waals surface area (Å²) in [5, 5.41) is 0. The molecule has 2 N–H and O–H groups in total. The average molecular weight is 287 g/mol. The van der Waals surface area contributed by atoms with E-state index in [9.17, 15) is 4.79 Å². The number of nitrogens with two attached hydrogens (primary N) is 1. The van der Waals surface area contributed by atoms with Gasteiger partial charge in [-0.3, -0.25) is 0 Å². The van der Waals surface area contributed by atoms with Gasteiger partial charge in [-0.05, 0) is 12.5 Å². The number of aromatic nitrogens is 2. The lowest BCUT2D eigenvalue weighted by Gasteiger charge is -2.15. The Kier molecular flexibility index (Phi) is 4.84. The van der Waals surface area contributed by atoms with Gasteiger partial charge in [0.05, 0.1) is 6.61 Å². The summed E-state index contributed by atoms with van der Waals surface area (Å²) in [7, 11) is 1.57. The maximum absolute atomic E-state index is 11.7. The number of esters is 1. The second kappa shape index (κ2) is 6.81. The van der Waals surface area contributed by atoms with Crippen LogP contribution in [-0.2, 0) is 9.47 Å². The maximum atomic E-state index is 11.7. The molecule has 0 aliphatic carbocycles. The number of carbonyl (C=O) groups excluding carboxylic acids is 1. The molecule has 21 heavy (non-hydrogen) atoms. The van der Waals surface area contributed by atoms with Crippen LogP contribution in [0.2, 0.25) is 0 Å². The topological polar surface area (TPSA) is 87.3 Å². The first kappa shape index (κ1) is 14.9. The van der Waals surface area contributed by atoms with Crippen LogP contribution in [0.4, 0.5) is 5.82 Å². The van der Waals surface area contributed by atoms with Gasteiger partial charge in [-0.2, -0.15) is 0 Å². The lowest BCUT2D eigenvalue weighted by molar-refractivity contribution is 0.0526. The summed E-state index contributed by atoms with van der Waals surface area (Å²) in [6.45, 7) is 1.99. The van der Waals surface area contributed by atoms with E-state index in [0.717, 1.165) is 5.56 Å². The van der Waals surface area contributed by atoms with Crippen LogP contribution in [0, 0.1) is 0 Å². The molecular formula is C15H17N3O3.